The molecule has 142 valence electrons. The monoisotopic (exact) mass is 382 g/mol. The van der Waals surface area contributed by atoms with Crippen molar-refractivity contribution in [2.24, 2.45) is 5.92 Å². The molecule has 5 nitrogen and oxygen atoms in total. The Morgan fingerprint density at radius 2 is 1.89 bits per heavy atom. The van der Waals surface area contributed by atoms with Crippen LogP contribution >= 0.6 is 11.3 Å². The number of rotatable bonds is 5. The minimum absolute atomic E-state index is 0.291. The van der Waals surface area contributed by atoms with E-state index in [4.69, 9.17) is 4.98 Å². The predicted molar refractivity (Wildman–Crippen MR) is 110 cm³/mol. The Labute approximate surface area is 164 Å². The normalized spacial score (nSPS) is 15.7. The summed E-state index contributed by atoms with van der Waals surface area (Å²) in [4.78, 5) is 22.7. The summed E-state index contributed by atoms with van der Waals surface area (Å²) < 4.78 is 2.21. The van der Waals surface area contributed by atoms with Gasteiger partial charge in [0.25, 0.3) is 0 Å². The zero-order valence-corrected chi connectivity index (χ0v) is 16.8. The molecule has 1 aliphatic heterocycles. The number of carbonyl (C=O) groups is 1. The molecule has 1 aliphatic rings. The highest BCUT2D eigenvalue weighted by Crippen LogP contribution is 2.28. The van der Waals surface area contributed by atoms with Crippen LogP contribution in [-0.4, -0.2) is 51.3 Å². The summed E-state index contributed by atoms with van der Waals surface area (Å²) in [7, 11) is 0. The highest BCUT2D eigenvalue weighted by Gasteiger charge is 2.24. The number of carbonyl (C=O) groups excluding carboxylic acids is 1. The molecule has 0 aliphatic carbocycles. The Morgan fingerprint density at radius 1 is 1.15 bits per heavy atom. The van der Waals surface area contributed by atoms with Crippen LogP contribution in [0.5, 0.6) is 0 Å². The second kappa shape index (κ2) is 7.82. The molecule has 0 N–H and O–H groups in total. The molecule has 1 fully saturated rings. The molecule has 0 atom stereocenters. The van der Waals surface area contributed by atoms with Crippen LogP contribution in [-0.2, 0) is 11.3 Å². The molecule has 4 rings (SSSR count). The first-order valence-corrected chi connectivity index (χ1v) is 10.5. The van der Waals surface area contributed by atoms with E-state index < -0.39 is 0 Å². The van der Waals surface area contributed by atoms with Crippen LogP contribution in [0.2, 0.25) is 0 Å². The summed E-state index contributed by atoms with van der Waals surface area (Å²) in [5.41, 5.74) is 3.47. The Balaban J connectivity index is 1.50. The lowest BCUT2D eigenvalue weighted by Crippen LogP contribution is -2.48. The van der Waals surface area contributed by atoms with Crippen molar-refractivity contribution in [2.45, 2.75) is 26.8 Å². The zero-order valence-electron chi connectivity index (χ0n) is 16.0. The summed E-state index contributed by atoms with van der Waals surface area (Å²) in [6.45, 7) is 8.52. The number of fused-ring (bicyclic) bond motifs is 1. The Morgan fingerprint density at radius 3 is 2.59 bits per heavy atom. The number of benzene rings is 1. The van der Waals surface area contributed by atoms with Gasteiger partial charge in [-0.25, -0.2) is 4.98 Å². The molecular weight excluding hydrogens is 356 g/mol. The molecule has 0 saturated carbocycles. The largest absolute Gasteiger partial charge is 0.340 e. The molecule has 1 amide bonds. The minimum atomic E-state index is 0.291. The topological polar surface area (TPSA) is 40.9 Å². The second-order valence-electron chi connectivity index (χ2n) is 7.58. The van der Waals surface area contributed by atoms with Crippen LogP contribution in [0.15, 0.2) is 41.9 Å². The lowest BCUT2D eigenvalue weighted by Gasteiger charge is -2.35. The summed E-state index contributed by atoms with van der Waals surface area (Å²) in [5, 5.41) is 2.09. The third kappa shape index (κ3) is 3.92. The van der Waals surface area contributed by atoms with Crippen molar-refractivity contribution in [3.05, 3.63) is 47.6 Å². The third-order valence-corrected chi connectivity index (χ3v) is 5.85. The van der Waals surface area contributed by atoms with Gasteiger partial charge in [0, 0.05) is 56.3 Å². The molecule has 6 heteroatoms. The molecule has 3 heterocycles. The summed E-state index contributed by atoms with van der Waals surface area (Å²) in [6, 6.07) is 10.4. The number of hydrogen-bond acceptors (Lipinski definition) is 4. The number of amides is 1. The van der Waals surface area contributed by atoms with Crippen LogP contribution in [0, 0.1) is 5.92 Å². The van der Waals surface area contributed by atoms with E-state index in [2.05, 4.69) is 59.0 Å². The van der Waals surface area contributed by atoms with Gasteiger partial charge in [-0.05, 0) is 5.92 Å². The zero-order chi connectivity index (χ0) is 18.8. The van der Waals surface area contributed by atoms with Gasteiger partial charge in [-0.3, -0.25) is 14.1 Å². The van der Waals surface area contributed by atoms with E-state index in [-0.39, 0.29) is 0 Å². The first kappa shape index (κ1) is 18.2. The smallest absolute Gasteiger partial charge is 0.222 e. The number of aromatic nitrogens is 2. The number of thiazole rings is 1. The van der Waals surface area contributed by atoms with Gasteiger partial charge in [0.2, 0.25) is 5.91 Å². The van der Waals surface area contributed by atoms with Gasteiger partial charge < -0.3 is 4.90 Å². The van der Waals surface area contributed by atoms with Crippen molar-refractivity contribution in [3.8, 4) is 11.3 Å². The molecule has 0 unspecified atom stereocenters. The van der Waals surface area contributed by atoms with Crippen molar-refractivity contribution in [2.75, 3.05) is 26.2 Å². The van der Waals surface area contributed by atoms with Crippen LogP contribution in [0.25, 0.3) is 16.2 Å². The van der Waals surface area contributed by atoms with E-state index in [0.717, 1.165) is 48.9 Å². The van der Waals surface area contributed by atoms with Crippen LogP contribution in [0.1, 0.15) is 26.0 Å². The molecule has 0 spiro atoms. The number of hydrogen-bond donors (Lipinski definition) is 0. The maximum atomic E-state index is 12.3. The average Bonchev–Trinajstić information content (AvgIpc) is 3.25. The first-order valence-electron chi connectivity index (χ1n) is 9.62. The number of nitrogens with zero attached hydrogens (tertiary/aromatic N) is 4. The summed E-state index contributed by atoms with van der Waals surface area (Å²) >= 11 is 1.67. The van der Waals surface area contributed by atoms with E-state index in [9.17, 15) is 4.79 Å². The lowest BCUT2D eigenvalue weighted by molar-refractivity contribution is -0.133. The van der Waals surface area contributed by atoms with Gasteiger partial charge in [-0.15, -0.1) is 11.3 Å². The van der Waals surface area contributed by atoms with E-state index in [1.54, 1.807) is 11.3 Å². The van der Waals surface area contributed by atoms with Gasteiger partial charge in [-0.2, -0.15) is 0 Å². The Bertz CT molecular complexity index is 907. The maximum Gasteiger partial charge on any atom is 0.222 e. The van der Waals surface area contributed by atoms with Gasteiger partial charge in [0.15, 0.2) is 4.96 Å². The molecule has 3 aromatic rings. The third-order valence-electron chi connectivity index (χ3n) is 5.09. The number of imidazole rings is 1. The molecule has 0 bridgehead atoms. The summed E-state index contributed by atoms with van der Waals surface area (Å²) in [6.07, 6.45) is 2.76. The average molecular weight is 383 g/mol. The van der Waals surface area contributed by atoms with Crippen LogP contribution in [0.4, 0.5) is 0 Å². The highest BCUT2D eigenvalue weighted by molar-refractivity contribution is 7.15. The highest BCUT2D eigenvalue weighted by atomic mass is 32.1. The molecule has 1 saturated heterocycles. The fourth-order valence-corrected chi connectivity index (χ4v) is 4.39. The molecular formula is C21H26N4OS. The SMILES string of the molecule is CC(C)CC(=O)N1CCN(Cc2c(-c3ccccc3)nc3sccn23)CC1. The van der Waals surface area contributed by atoms with Gasteiger partial charge >= 0.3 is 0 Å². The van der Waals surface area contributed by atoms with Crippen molar-refractivity contribution < 1.29 is 4.79 Å². The van der Waals surface area contributed by atoms with Crippen molar-refractivity contribution in [3.63, 3.8) is 0 Å². The maximum absolute atomic E-state index is 12.3. The van der Waals surface area contributed by atoms with Crippen molar-refractivity contribution in [1.82, 2.24) is 19.2 Å². The number of piperazine rings is 1. The minimum Gasteiger partial charge on any atom is -0.340 e. The standard InChI is InChI=1S/C21H26N4OS/c1-16(2)14-19(26)24-10-8-23(9-11-24)15-18-20(17-6-4-3-5-7-17)22-21-25(18)12-13-27-21/h3-7,12-13,16H,8-11,14-15H2,1-2H3. The fraction of sp³-hybridized carbons (Fsp3) is 0.429. The van der Waals surface area contributed by atoms with E-state index >= 15 is 0 Å². The Hall–Kier alpha value is -2.18. The molecule has 2 aromatic heterocycles. The van der Waals surface area contributed by atoms with Gasteiger partial charge in [-0.1, -0.05) is 44.2 Å². The van der Waals surface area contributed by atoms with Crippen molar-refractivity contribution >= 4 is 22.2 Å². The van der Waals surface area contributed by atoms with E-state index in [1.165, 1.54) is 5.69 Å². The predicted octanol–water partition coefficient (Wildman–Crippen LogP) is 3.75. The quantitative estimate of drug-likeness (QED) is 0.675. The van der Waals surface area contributed by atoms with Gasteiger partial charge in [0.05, 0.1) is 11.4 Å². The van der Waals surface area contributed by atoms with Crippen LogP contribution < -0.4 is 0 Å². The Kier molecular flexibility index (Phi) is 5.27. The molecule has 1 aromatic carbocycles. The molecule has 0 radical (unpaired) electrons. The van der Waals surface area contributed by atoms with Crippen molar-refractivity contribution in [1.29, 1.82) is 0 Å². The van der Waals surface area contributed by atoms with Crippen LogP contribution in [0.3, 0.4) is 0 Å². The van der Waals surface area contributed by atoms with E-state index in [0.29, 0.717) is 18.2 Å². The van der Waals surface area contributed by atoms with Gasteiger partial charge in [0.1, 0.15) is 0 Å². The lowest BCUT2D eigenvalue weighted by atomic mass is 10.1. The molecule has 27 heavy (non-hydrogen) atoms. The van der Waals surface area contributed by atoms with E-state index in [1.807, 2.05) is 11.0 Å². The fourth-order valence-electron chi connectivity index (χ4n) is 3.66. The summed E-state index contributed by atoms with van der Waals surface area (Å²) in [5.74, 6) is 0.710. The second-order valence-corrected chi connectivity index (χ2v) is 8.46. The first-order chi connectivity index (χ1) is 13.1.